The molecular formula is C10H11ClFNO3. The van der Waals surface area contributed by atoms with Crippen LogP contribution in [0, 0.1) is 5.82 Å². The van der Waals surface area contributed by atoms with E-state index in [2.05, 4.69) is 9.72 Å². The summed E-state index contributed by atoms with van der Waals surface area (Å²) in [4.78, 5) is 14.8. The van der Waals surface area contributed by atoms with Gasteiger partial charge in [-0.1, -0.05) is 18.5 Å². The second-order valence-corrected chi connectivity index (χ2v) is 3.31. The summed E-state index contributed by atoms with van der Waals surface area (Å²) >= 11 is 5.70. The zero-order valence-corrected chi connectivity index (χ0v) is 9.68. The minimum atomic E-state index is -0.738. The normalized spacial score (nSPS) is 10.0. The molecule has 0 aromatic carbocycles. The summed E-state index contributed by atoms with van der Waals surface area (Å²) in [5.41, 5.74) is -0.120. The highest BCUT2D eigenvalue weighted by molar-refractivity contribution is 6.32. The third-order valence-electron chi connectivity index (χ3n) is 1.75. The second-order valence-electron chi connectivity index (χ2n) is 2.95. The molecule has 0 spiro atoms. The Balaban J connectivity index is 3.02. The summed E-state index contributed by atoms with van der Waals surface area (Å²) < 4.78 is 22.8. The largest absolute Gasteiger partial charge is 0.476 e. The first kappa shape index (κ1) is 12.7. The van der Waals surface area contributed by atoms with Gasteiger partial charge in [-0.3, -0.25) is 0 Å². The van der Waals surface area contributed by atoms with Crippen molar-refractivity contribution in [2.24, 2.45) is 0 Å². The van der Waals surface area contributed by atoms with Crippen molar-refractivity contribution < 1.29 is 18.7 Å². The van der Waals surface area contributed by atoms with Crippen molar-refractivity contribution in [2.75, 3.05) is 13.7 Å². The Hall–Kier alpha value is -1.36. The van der Waals surface area contributed by atoms with E-state index in [-0.39, 0.29) is 16.6 Å². The van der Waals surface area contributed by atoms with Crippen LogP contribution in [0.2, 0.25) is 5.15 Å². The Morgan fingerprint density at radius 1 is 1.62 bits per heavy atom. The summed E-state index contributed by atoms with van der Waals surface area (Å²) in [5, 5.41) is -0.139. The number of rotatable bonds is 4. The number of hydrogen-bond acceptors (Lipinski definition) is 4. The van der Waals surface area contributed by atoms with Crippen LogP contribution in [0.5, 0.6) is 5.88 Å². The number of hydrogen-bond donors (Lipinski definition) is 0. The molecule has 0 aliphatic carbocycles. The fraction of sp³-hybridized carbons (Fsp3) is 0.400. The third kappa shape index (κ3) is 2.82. The molecule has 1 aromatic rings. The molecule has 0 N–H and O–H groups in total. The van der Waals surface area contributed by atoms with Crippen molar-refractivity contribution in [1.82, 2.24) is 4.98 Å². The van der Waals surface area contributed by atoms with Crippen molar-refractivity contribution >= 4 is 17.6 Å². The summed E-state index contributed by atoms with van der Waals surface area (Å²) in [6.07, 6.45) is 0.720. The molecule has 0 atom stereocenters. The van der Waals surface area contributed by atoms with Gasteiger partial charge in [0.2, 0.25) is 0 Å². The predicted octanol–water partition coefficient (Wildman–Crippen LogP) is 2.45. The monoisotopic (exact) mass is 247 g/mol. The molecule has 1 heterocycles. The number of methoxy groups -OCH3 is 1. The standard InChI is InChI=1S/C10H11ClFNO3/c1-3-4-16-9-7(12)5-6(8(11)13-9)10(14)15-2/h5H,3-4H2,1-2H3. The molecule has 0 bridgehead atoms. The van der Waals surface area contributed by atoms with Crippen LogP contribution in [0.15, 0.2) is 6.07 Å². The lowest BCUT2D eigenvalue weighted by Crippen LogP contribution is -2.07. The van der Waals surface area contributed by atoms with Gasteiger partial charge in [0.05, 0.1) is 13.7 Å². The minimum Gasteiger partial charge on any atom is -0.476 e. The number of carbonyl (C=O) groups is 1. The summed E-state index contributed by atoms with van der Waals surface area (Å²) in [7, 11) is 1.18. The molecule has 4 nitrogen and oxygen atoms in total. The van der Waals surface area contributed by atoms with Gasteiger partial charge in [0, 0.05) is 0 Å². The van der Waals surface area contributed by atoms with E-state index in [1.54, 1.807) is 0 Å². The van der Waals surface area contributed by atoms with E-state index >= 15 is 0 Å². The highest BCUT2D eigenvalue weighted by atomic mass is 35.5. The Morgan fingerprint density at radius 2 is 2.31 bits per heavy atom. The van der Waals surface area contributed by atoms with Crippen molar-refractivity contribution in [3.05, 3.63) is 22.6 Å². The first-order valence-electron chi connectivity index (χ1n) is 4.67. The highest BCUT2D eigenvalue weighted by Gasteiger charge is 2.17. The zero-order valence-electron chi connectivity index (χ0n) is 8.92. The highest BCUT2D eigenvalue weighted by Crippen LogP contribution is 2.22. The van der Waals surface area contributed by atoms with Gasteiger partial charge in [0.25, 0.3) is 5.88 Å². The number of pyridine rings is 1. The summed E-state index contributed by atoms with van der Waals surface area (Å²) in [6.45, 7) is 2.21. The molecule has 0 aliphatic heterocycles. The van der Waals surface area contributed by atoms with E-state index in [0.717, 1.165) is 12.5 Å². The predicted molar refractivity (Wildman–Crippen MR) is 56.3 cm³/mol. The molecule has 0 radical (unpaired) electrons. The quantitative estimate of drug-likeness (QED) is 0.606. The van der Waals surface area contributed by atoms with Crippen LogP contribution in [0.25, 0.3) is 0 Å². The van der Waals surface area contributed by atoms with Crippen molar-refractivity contribution in [2.45, 2.75) is 13.3 Å². The number of ether oxygens (including phenoxy) is 2. The molecule has 6 heteroatoms. The van der Waals surface area contributed by atoms with E-state index in [0.29, 0.717) is 6.61 Å². The smallest absolute Gasteiger partial charge is 0.341 e. The second kappa shape index (κ2) is 5.65. The molecule has 1 aromatic heterocycles. The fourth-order valence-corrected chi connectivity index (χ4v) is 1.21. The maximum absolute atomic E-state index is 13.4. The SMILES string of the molecule is CCCOc1nc(Cl)c(C(=O)OC)cc1F. The number of nitrogens with zero attached hydrogens (tertiary/aromatic N) is 1. The van der Waals surface area contributed by atoms with Crippen LogP contribution in [-0.4, -0.2) is 24.7 Å². The van der Waals surface area contributed by atoms with E-state index in [1.165, 1.54) is 7.11 Å². The Morgan fingerprint density at radius 3 is 2.88 bits per heavy atom. The van der Waals surface area contributed by atoms with E-state index in [4.69, 9.17) is 16.3 Å². The van der Waals surface area contributed by atoms with Gasteiger partial charge in [-0.05, 0) is 12.5 Å². The summed E-state index contributed by atoms with van der Waals surface area (Å²) in [5.74, 6) is -1.68. The Kier molecular flexibility index (Phi) is 4.49. The number of halogens is 2. The van der Waals surface area contributed by atoms with E-state index in [1.807, 2.05) is 6.92 Å². The molecule has 0 saturated carbocycles. The average Bonchev–Trinajstić information content (AvgIpc) is 2.28. The molecule has 0 unspecified atom stereocenters. The number of esters is 1. The summed E-state index contributed by atoms with van der Waals surface area (Å²) in [6, 6.07) is 0.951. The van der Waals surface area contributed by atoms with Gasteiger partial charge >= 0.3 is 5.97 Å². The minimum absolute atomic E-state index is 0.120. The van der Waals surface area contributed by atoms with Gasteiger partial charge in [0.15, 0.2) is 5.82 Å². The maximum Gasteiger partial charge on any atom is 0.341 e. The van der Waals surface area contributed by atoms with E-state index in [9.17, 15) is 9.18 Å². The molecule has 0 amide bonds. The Bertz CT molecular complexity index is 398. The first-order chi connectivity index (χ1) is 7.60. The van der Waals surface area contributed by atoms with Crippen molar-refractivity contribution in [3.63, 3.8) is 0 Å². The van der Waals surface area contributed by atoms with Crippen LogP contribution in [-0.2, 0) is 4.74 Å². The molecule has 0 fully saturated rings. The van der Waals surface area contributed by atoms with E-state index < -0.39 is 11.8 Å². The first-order valence-corrected chi connectivity index (χ1v) is 5.05. The fourth-order valence-electron chi connectivity index (χ4n) is 1.00. The van der Waals surface area contributed by atoms with Crippen molar-refractivity contribution in [1.29, 1.82) is 0 Å². The average molecular weight is 248 g/mol. The zero-order chi connectivity index (χ0) is 12.1. The lowest BCUT2D eigenvalue weighted by Gasteiger charge is -2.07. The third-order valence-corrected chi connectivity index (χ3v) is 2.03. The molecule has 88 valence electrons. The number of carbonyl (C=O) groups excluding carboxylic acids is 1. The van der Waals surface area contributed by atoms with Gasteiger partial charge in [0.1, 0.15) is 10.7 Å². The molecule has 0 aliphatic rings. The van der Waals surface area contributed by atoms with Crippen LogP contribution < -0.4 is 4.74 Å². The van der Waals surface area contributed by atoms with Crippen LogP contribution in [0.4, 0.5) is 4.39 Å². The van der Waals surface area contributed by atoms with Crippen LogP contribution >= 0.6 is 11.6 Å². The lowest BCUT2D eigenvalue weighted by atomic mass is 10.3. The topological polar surface area (TPSA) is 48.4 Å². The Labute approximate surface area is 97.3 Å². The van der Waals surface area contributed by atoms with Gasteiger partial charge in [-0.25, -0.2) is 9.18 Å². The molecule has 16 heavy (non-hydrogen) atoms. The van der Waals surface area contributed by atoms with Gasteiger partial charge in [-0.15, -0.1) is 0 Å². The lowest BCUT2D eigenvalue weighted by molar-refractivity contribution is 0.0599. The van der Waals surface area contributed by atoms with Gasteiger partial charge < -0.3 is 9.47 Å². The molecule has 0 saturated heterocycles. The van der Waals surface area contributed by atoms with Gasteiger partial charge in [-0.2, -0.15) is 4.98 Å². The maximum atomic E-state index is 13.4. The number of aromatic nitrogens is 1. The van der Waals surface area contributed by atoms with Crippen LogP contribution in [0.1, 0.15) is 23.7 Å². The van der Waals surface area contributed by atoms with Crippen LogP contribution in [0.3, 0.4) is 0 Å². The molecule has 1 rings (SSSR count). The molecular weight excluding hydrogens is 237 g/mol. The van der Waals surface area contributed by atoms with Crippen molar-refractivity contribution in [3.8, 4) is 5.88 Å².